The van der Waals surface area contributed by atoms with Crippen molar-refractivity contribution in [1.82, 2.24) is 15.2 Å². The van der Waals surface area contributed by atoms with Crippen molar-refractivity contribution in [2.24, 2.45) is 0 Å². The first-order valence-corrected chi connectivity index (χ1v) is 16.3. The zero-order valence-electron chi connectivity index (χ0n) is 23.4. The summed E-state index contributed by atoms with van der Waals surface area (Å²) in [4.78, 5) is 3.09. The molecule has 17 heteroatoms. The third-order valence-corrected chi connectivity index (χ3v) is 14.6. The number of halogens is 6. The zero-order valence-corrected chi connectivity index (χ0v) is 25.2. The summed E-state index contributed by atoms with van der Waals surface area (Å²) in [6, 6.07) is 4.40. The van der Waals surface area contributed by atoms with Gasteiger partial charge in [-0.3, -0.25) is 0 Å². The van der Waals surface area contributed by atoms with Crippen molar-refractivity contribution in [3.63, 3.8) is 0 Å². The first-order chi connectivity index (χ1) is 19.2. The molecule has 1 aromatic carbocycles. The number of rotatable bonds is 10. The van der Waals surface area contributed by atoms with Crippen molar-refractivity contribution in [2.75, 3.05) is 5.73 Å². The molecule has 0 fully saturated rings. The maximum atomic E-state index is 14.3. The van der Waals surface area contributed by atoms with Crippen molar-refractivity contribution in [1.29, 1.82) is 0 Å². The summed E-state index contributed by atoms with van der Waals surface area (Å²) in [5, 5.41) is 7.23. The SMILES string of the molecule is CC(C)[Si](OC(c1nnc(-c2ncc(S(=O)(=O)c3ccc(OC(F)(F)F)cc3)cc2N)o1)C(F)(F)F)(C(C)C)C(C)C. The van der Waals surface area contributed by atoms with E-state index in [1.54, 1.807) is 0 Å². The van der Waals surface area contributed by atoms with Crippen LogP contribution in [0.15, 0.2) is 50.7 Å². The van der Waals surface area contributed by atoms with Gasteiger partial charge in [0, 0.05) is 6.20 Å². The molecule has 0 saturated carbocycles. The van der Waals surface area contributed by atoms with Gasteiger partial charge in [0.1, 0.15) is 5.75 Å². The van der Waals surface area contributed by atoms with E-state index in [1.165, 1.54) is 0 Å². The van der Waals surface area contributed by atoms with Crippen molar-refractivity contribution < 1.29 is 48.3 Å². The number of nitrogens with zero attached hydrogens (tertiary/aromatic N) is 3. The van der Waals surface area contributed by atoms with Crippen LogP contribution in [0.3, 0.4) is 0 Å². The molecule has 1 unspecified atom stereocenters. The smallest absolute Gasteiger partial charge is 0.416 e. The van der Waals surface area contributed by atoms with Crippen LogP contribution in [0.25, 0.3) is 11.6 Å². The second-order valence-electron chi connectivity index (χ2n) is 10.4. The van der Waals surface area contributed by atoms with Gasteiger partial charge in [0.25, 0.3) is 11.8 Å². The number of anilines is 1. The highest BCUT2D eigenvalue weighted by Crippen LogP contribution is 2.48. The Morgan fingerprint density at radius 3 is 1.88 bits per heavy atom. The van der Waals surface area contributed by atoms with Gasteiger partial charge in [0.15, 0.2) is 5.69 Å². The van der Waals surface area contributed by atoms with E-state index in [-0.39, 0.29) is 32.9 Å². The quantitative estimate of drug-likeness (QED) is 0.180. The molecular weight excluding hydrogens is 610 g/mol. The summed E-state index contributed by atoms with van der Waals surface area (Å²) >= 11 is 0. The van der Waals surface area contributed by atoms with Gasteiger partial charge in [-0.05, 0) is 47.0 Å². The van der Waals surface area contributed by atoms with Gasteiger partial charge in [-0.2, -0.15) is 13.2 Å². The predicted octanol–water partition coefficient (Wildman–Crippen LogP) is 7.24. The van der Waals surface area contributed by atoms with E-state index in [9.17, 15) is 34.8 Å². The summed E-state index contributed by atoms with van der Waals surface area (Å²) in [5.41, 5.74) is 4.85. The maximum absolute atomic E-state index is 14.3. The molecule has 0 amide bonds. The van der Waals surface area contributed by atoms with Crippen molar-refractivity contribution >= 4 is 23.8 Å². The van der Waals surface area contributed by atoms with Crippen LogP contribution in [0.1, 0.15) is 53.5 Å². The summed E-state index contributed by atoms with van der Waals surface area (Å²) in [7, 11) is -7.36. The molecule has 232 valence electrons. The molecule has 0 radical (unpaired) electrons. The average Bonchev–Trinajstić information content (AvgIpc) is 3.31. The van der Waals surface area contributed by atoms with Crippen molar-refractivity contribution in [2.45, 2.75) is 86.6 Å². The summed E-state index contributed by atoms with van der Waals surface area (Å²) in [6.07, 6.45) is -11.5. The Balaban J connectivity index is 1.95. The highest BCUT2D eigenvalue weighted by Gasteiger charge is 2.54. The van der Waals surface area contributed by atoms with Crippen molar-refractivity contribution in [3.8, 4) is 17.3 Å². The molecule has 2 aromatic heterocycles. The van der Waals surface area contributed by atoms with E-state index < -0.39 is 59.2 Å². The number of hydrogen-bond acceptors (Lipinski definition) is 9. The van der Waals surface area contributed by atoms with Crippen LogP contribution in [0, 0.1) is 0 Å². The Labute approximate surface area is 239 Å². The molecule has 0 bridgehead atoms. The minimum Gasteiger partial charge on any atom is -0.416 e. The van der Waals surface area contributed by atoms with E-state index in [0.717, 1.165) is 36.5 Å². The van der Waals surface area contributed by atoms with Gasteiger partial charge in [-0.15, -0.1) is 23.4 Å². The third-order valence-electron chi connectivity index (χ3n) is 6.76. The molecule has 0 aliphatic carbocycles. The Morgan fingerprint density at radius 1 is 0.881 bits per heavy atom. The molecule has 9 nitrogen and oxygen atoms in total. The van der Waals surface area contributed by atoms with E-state index in [1.807, 2.05) is 41.5 Å². The number of nitrogens with two attached hydrogens (primary N) is 1. The van der Waals surface area contributed by atoms with Gasteiger partial charge in [-0.1, -0.05) is 41.5 Å². The number of pyridine rings is 1. The minimum absolute atomic E-state index is 0.176. The molecule has 0 aliphatic heterocycles. The first-order valence-electron chi connectivity index (χ1n) is 12.6. The third kappa shape index (κ3) is 6.89. The molecule has 0 spiro atoms. The molecule has 0 aliphatic rings. The number of sulfone groups is 1. The minimum atomic E-state index is -4.96. The number of alkyl halides is 6. The van der Waals surface area contributed by atoms with Crippen LogP contribution < -0.4 is 10.5 Å². The van der Waals surface area contributed by atoms with Crippen molar-refractivity contribution in [3.05, 3.63) is 42.4 Å². The zero-order chi connectivity index (χ0) is 31.8. The van der Waals surface area contributed by atoms with Crippen LogP contribution in [0.5, 0.6) is 5.75 Å². The highest BCUT2D eigenvalue weighted by molar-refractivity contribution is 7.91. The fraction of sp³-hybridized carbons (Fsp3) is 0.480. The van der Waals surface area contributed by atoms with E-state index in [0.29, 0.717) is 0 Å². The van der Waals surface area contributed by atoms with Crippen LogP contribution in [-0.4, -0.2) is 44.5 Å². The Bertz CT molecular complexity index is 1470. The highest BCUT2D eigenvalue weighted by atomic mass is 32.2. The largest absolute Gasteiger partial charge is 0.573 e. The molecular formula is C25H30F6N4O5SSi. The normalized spacial score (nSPS) is 14.2. The Morgan fingerprint density at radius 2 is 1.43 bits per heavy atom. The van der Waals surface area contributed by atoms with Gasteiger partial charge in [-0.25, -0.2) is 13.4 Å². The lowest BCUT2D eigenvalue weighted by molar-refractivity contribution is -0.274. The number of aromatic nitrogens is 3. The molecule has 3 aromatic rings. The number of benzene rings is 1. The Hall–Kier alpha value is -3.18. The fourth-order valence-electron chi connectivity index (χ4n) is 5.05. The average molecular weight is 641 g/mol. The van der Waals surface area contributed by atoms with Crippen LogP contribution in [0.4, 0.5) is 32.0 Å². The van der Waals surface area contributed by atoms with E-state index in [4.69, 9.17) is 14.6 Å². The van der Waals surface area contributed by atoms with Crippen LogP contribution in [-0.2, 0) is 14.3 Å². The lowest BCUT2D eigenvalue weighted by Gasteiger charge is -2.44. The lowest BCUT2D eigenvalue weighted by atomic mass is 10.3. The topological polar surface area (TPSA) is 130 Å². The summed E-state index contributed by atoms with van der Waals surface area (Å²) in [5.74, 6) is -1.97. The summed E-state index contributed by atoms with van der Waals surface area (Å²) in [6.45, 7) is 10.9. The fourth-order valence-corrected chi connectivity index (χ4v) is 11.7. The molecule has 2 heterocycles. The second-order valence-corrected chi connectivity index (χ2v) is 17.8. The van der Waals surface area contributed by atoms with E-state index >= 15 is 0 Å². The van der Waals surface area contributed by atoms with Gasteiger partial charge < -0.3 is 19.3 Å². The number of ether oxygens (including phenoxy) is 1. The number of nitrogen functional groups attached to an aromatic ring is 1. The molecule has 0 saturated heterocycles. The number of hydrogen-bond donors (Lipinski definition) is 1. The first kappa shape index (κ1) is 33.3. The monoisotopic (exact) mass is 640 g/mol. The van der Waals surface area contributed by atoms with Gasteiger partial charge in [0.05, 0.1) is 15.5 Å². The van der Waals surface area contributed by atoms with Gasteiger partial charge >= 0.3 is 12.5 Å². The molecule has 2 N–H and O–H groups in total. The van der Waals surface area contributed by atoms with Gasteiger partial charge in [0.2, 0.25) is 24.3 Å². The standard InChI is InChI=1S/C25H30F6N4O5SSi/c1-13(2)42(14(3)4,15(5)6)40-21(24(26,27)28)23-35-34-22(38-23)20-19(32)11-18(12-33-20)41(36,37)17-9-7-16(8-10-17)39-25(29,30)31/h7-15,21H,32H2,1-6H3. The molecule has 42 heavy (non-hydrogen) atoms. The molecule has 3 rings (SSSR count). The van der Waals surface area contributed by atoms with Crippen LogP contribution >= 0.6 is 0 Å². The molecule has 1 atom stereocenters. The predicted molar refractivity (Wildman–Crippen MR) is 141 cm³/mol. The maximum Gasteiger partial charge on any atom is 0.573 e. The van der Waals surface area contributed by atoms with E-state index in [2.05, 4.69) is 19.9 Å². The second kappa shape index (κ2) is 11.8. The van der Waals surface area contributed by atoms with Crippen LogP contribution in [0.2, 0.25) is 16.6 Å². The summed E-state index contributed by atoms with van der Waals surface area (Å²) < 4.78 is 121. The Kier molecular flexibility index (Phi) is 9.39. The lowest BCUT2D eigenvalue weighted by Crippen LogP contribution is -2.50.